The highest BCUT2D eigenvalue weighted by Crippen LogP contribution is 1.94. The Kier molecular flexibility index (Phi) is 7.40. The summed E-state index contributed by atoms with van der Waals surface area (Å²) in [5, 5.41) is 0. The zero-order valence-electron chi connectivity index (χ0n) is 9.62. The highest BCUT2D eigenvalue weighted by atomic mass is 16.6. The summed E-state index contributed by atoms with van der Waals surface area (Å²) in [6, 6.07) is 0. The van der Waals surface area contributed by atoms with Crippen molar-refractivity contribution in [3.05, 3.63) is 0 Å². The van der Waals surface area contributed by atoms with E-state index in [1.165, 1.54) is 11.9 Å². The molecule has 0 fully saturated rings. The Morgan fingerprint density at radius 3 is 2.40 bits per heavy atom. The molecule has 0 aromatic heterocycles. The Hall–Kier alpha value is -1.26. The molecule has 15 heavy (non-hydrogen) atoms. The second-order valence-corrected chi connectivity index (χ2v) is 3.13. The third-order valence-electron chi connectivity index (χ3n) is 1.71. The van der Waals surface area contributed by atoms with Gasteiger partial charge in [0.15, 0.2) is 0 Å². The Bertz CT molecular complexity index is 206. The summed E-state index contributed by atoms with van der Waals surface area (Å²) in [6.07, 6.45) is 1.31. The van der Waals surface area contributed by atoms with Crippen molar-refractivity contribution in [2.45, 2.75) is 26.7 Å². The minimum absolute atomic E-state index is 0.0706. The second kappa shape index (κ2) is 8.08. The van der Waals surface area contributed by atoms with Crippen LogP contribution in [0.15, 0.2) is 0 Å². The van der Waals surface area contributed by atoms with Crippen LogP contribution >= 0.6 is 0 Å². The number of rotatable bonds is 6. The van der Waals surface area contributed by atoms with Gasteiger partial charge in [-0.1, -0.05) is 13.3 Å². The molecule has 0 saturated carbocycles. The first-order valence-corrected chi connectivity index (χ1v) is 5.15. The lowest BCUT2D eigenvalue weighted by atomic mass is 10.4. The highest BCUT2D eigenvalue weighted by Gasteiger charge is 2.14. The summed E-state index contributed by atoms with van der Waals surface area (Å²) < 4.78 is 9.60. The lowest BCUT2D eigenvalue weighted by molar-refractivity contribution is -0.143. The number of hydrogen-bond acceptors (Lipinski definition) is 4. The van der Waals surface area contributed by atoms with Crippen LogP contribution < -0.4 is 0 Å². The van der Waals surface area contributed by atoms with Gasteiger partial charge < -0.3 is 14.4 Å². The van der Waals surface area contributed by atoms with E-state index in [4.69, 9.17) is 9.47 Å². The van der Waals surface area contributed by atoms with Crippen LogP contribution in [0.25, 0.3) is 0 Å². The molecule has 0 unspecified atom stereocenters. The van der Waals surface area contributed by atoms with E-state index in [1.807, 2.05) is 6.92 Å². The third kappa shape index (κ3) is 6.76. The summed E-state index contributed by atoms with van der Waals surface area (Å²) in [6.45, 7) is 4.37. The summed E-state index contributed by atoms with van der Waals surface area (Å²) in [4.78, 5) is 23.5. The zero-order valence-corrected chi connectivity index (χ0v) is 9.62. The fourth-order valence-electron chi connectivity index (χ4n) is 0.879. The minimum Gasteiger partial charge on any atom is -0.465 e. The van der Waals surface area contributed by atoms with E-state index in [-0.39, 0.29) is 6.54 Å². The van der Waals surface area contributed by atoms with Crippen molar-refractivity contribution in [2.75, 3.05) is 26.8 Å². The number of likely N-dealkylation sites (N-methyl/N-ethyl adjacent to an activating group) is 1. The van der Waals surface area contributed by atoms with Crippen LogP contribution in [0, 0.1) is 0 Å². The molecular formula is C10H19NO4. The second-order valence-electron chi connectivity index (χ2n) is 3.13. The highest BCUT2D eigenvalue weighted by molar-refractivity contribution is 5.77. The first-order valence-electron chi connectivity index (χ1n) is 5.15. The van der Waals surface area contributed by atoms with Crippen molar-refractivity contribution in [1.82, 2.24) is 4.90 Å². The molecule has 88 valence electrons. The van der Waals surface area contributed by atoms with Gasteiger partial charge in [0.2, 0.25) is 0 Å². The molecule has 1 amide bonds. The number of unbranched alkanes of at least 4 members (excludes halogenated alkanes) is 1. The Morgan fingerprint density at radius 1 is 1.20 bits per heavy atom. The molecule has 0 aliphatic rings. The van der Waals surface area contributed by atoms with Gasteiger partial charge in [0.1, 0.15) is 6.54 Å². The monoisotopic (exact) mass is 217 g/mol. The SMILES string of the molecule is CCCCOC(=O)N(C)CC(=O)OCC. The van der Waals surface area contributed by atoms with Gasteiger partial charge in [-0.3, -0.25) is 4.79 Å². The minimum atomic E-state index is -0.489. The predicted molar refractivity (Wildman–Crippen MR) is 55.5 cm³/mol. The van der Waals surface area contributed by atoms with E-state index in [0.29, 0.717) is 13.2 Å². The van der Waals surface area contributed by atoms with Crippen LogP contribution in [-0.4, -0.2) is 43.8 Å². The van der Waals surface area contributed by atoms with Gasteiger partial charge in [-0.15, -0.1) is 0 Å². The molecule has 0 heterocycles. The topological polar surface area (TPSA) is 55.8 Å². The Morgan fingerprint density at radius 2 is 1.87 bits per heavy atom. The summed E-state index contributed by atoms with van der Waals surface area (Å²) in [7, 11) is 1.51. The van der Waals surface area contributed by atoms with E-state index in [0.717, 1.165) is 12.8 Å². The van der Waals surface area contributed by atoms with Gasteiger partial charge in [-0.05, 0) is 13.3 Å². The zero-order chi connectivity index (χ0) is 11.7. The van der Waals surface area contributed by atoms with Gasteiger partial charge in [0.05, 0.1) is 13.2 Å². The lowest BCUT2D eigenvalue weighted by Crippen LogP contribution is -2.33. The molecule has 0 aliphatic heterocycles. The average Bonchev–Trinajstić information content (AvgIpc) is 2.18. The molecule has 0 spiro atoms. The van der Waals surface area contributed by atoms with Gasteiger partial charge in [-0.25, -0.2) is 4.79 Å². The molecule has 0 bridgehead atoms. The van der Waals surface area contributed by atoms with Gasteiger partial charge in [0.25, 0.3) is 0 Å². The molecule has 0 aliphatic carbocycles. The van der Waals surface area contributed by atoms with E-state index < -0.39 is 12.1 Å². The van der Waals surface area contributed by atoms with Gasteiger partial charge in [-0.2, -0.15) is 0 Å². The van der Waals surface area contributed by atoms with Gasteiger partial charge in [0, 0.05) is 7.05 Å². The Balaban J connectivity index is 3.73. The van der Waals surface area contributed by atoms with Crippen molar-refractivity contribution in [2.24, 2.45) is 0 Å². The molecule has 0 aromatic rings. The molecule has 0 saturated heterocycles. The maximum Gasteiger partial charge on any atom is 0.410 e. The number of nitrogens with zero attached hydrogens (tertiary/aromatic N) is 1. The van der Waals surface area contributed by atoms with E-state index in [2.05, 4.69) is 0 Å². The first-order chi connectivity index (χ1) is 7.11. The fourth-order valence-corrected chi connectivity index (χ4v) is 0.879. The quantitative estimate of drug-likeness (QED) is 0.498. The fraction of sp³-hybridized carbons (Fsp3) is 0.800. The predicted octanol–water partition coefficient (Wildman–Crippen LogP) is 1.42. The number of hydrogen-bond donors (Lipinski definition) is 0. The molecule has 0 atom stereocenters. The lowest BCUT2D eigenvalue weighted by Gasteiger charge is -2.15. The standard InChI is InChI=1S/C10H19NO4/c1-4-6-7-15-10(13)11(3)8-9(12)14-5-2/h4-8H2,1-3H3. The van der Waals surface area contributed by atoms with Crippen molar-refractivity contribution in [3.8, 4) is 0 Å². The van der Waals surface area contributed by atoms with Crippen molar-refractivity contribution in [1.29, 1.82) is 0 Å². The van der Waals surface area contributed by atoms with Crippen molar-refractivity contribution in [3.63, 3.8) is 0 Å². The maximum atomic E-state index is 11.3. The number of carbonyl (C=O) groups excluding carboxylic acids is 2. The van der Waals surface area contributed by atoms with Crippen LogP contribution in [0.1, 0.15) is 26.7 Å². The normalized spacial score (nSPS) is 9.53. The largest absolute Gasteiger partial charge is 0.465 e. The van der Waals surface area contributed by atoms with E-state index in [1.54, 1.807) is 6.92 Å². The van der Waals surface area contributed by atoms with E-state index in [9.17, 15) is 9.59 Å². The average molecular weight is 217 g/mol. The molecular weight excluding hydrogens is 198 g/mol. The summed E-state index contributed by atoms with van der Waals surface area (Å²) in [5.41, 5.74) is 0. The van der Waals surface area contributed by atoms with Crippen LogP contribution in [0.4, 0.5) is 4.79 Å². The molecule has 0 radical (unpaired) electrons. The van der Waals surface area contributed by atoms with Crippen LogP contribution in [0.3, 0.4) is 0 Å². The number of carbonyl (C=O) groups is 2. The maximum absolute atomic E-state index is 11.3. The van der Waals surface area contributed by atoms with Crippen molar-refractivity contribution < 1.29 is 19.1 Å². The molecule has 5 heteroatoms. The smallest absolute Gasteiger partial charge is 0.410 e. The van der Waals surface area contributed by atoms with Crippen LogP contribution in [0.2, 0.25) is 0 Å². The molecule has 0 rings (SSSR count). The number of esters is 1. The molecule has 0 aromatic carbocycles. The van der Waals surface area contributed by atoms with Crippen LogP contribution in [-0.2, 0) is 14.3 Å². The molecule has 0 N–H and O–H groups in total. The van der Waals surface area contributed by atoms with Crippen molar-refractivity contribution >= 4 is 12.1 Å². The van der Waals surface area contributed by atoms with Gasteiger partial charge >= 0.3 is 12.1 Å². The third-order valence-corrected chi connectivity index (χ3v) is 1.71. The Labute approximate surface area is 90.3 Å². The van der Waals surface area contributed by atoms with E-state index >= 15 is 0 Å². The summed E-state index contributed by atoms with van der Waals surface area (Å²) >= 11 is 0. The molecule has 5 nitrogen and oxygen atoms in total. The van der Waals surface area contributed by atoms with Crippen LogP contribution in [0.5, 0.6) is 0 Å². The first kappa shape index (κ1) is 13.7. The summed E-state index contributed by atoms with van der Waals surface area (Å²) in [5.74, 6) is -0.424. The number of amides is 1. The number of ether oxygens (including phenoxy) is 2.